The second-order valence-electron chi connectivity index (χ2n) is 12.1. The average Bonchev–Trinajstić information content (AvgIpc) is 3.09. The number of carbonyl (C=O) groups is 4. The van der Waals surface area contributed by atoms with Crippen molar-refractivity contribution in [2.45, 2.75) is 79.1 Å². The number of hydrogen-bond donors (Lipinski definition) is 0. The summed E-state index contributed by atoms with van der Waals surface area (Å²) in [7, 11) is 0. The van der Waals surface area contributed by atoms with E-state index >= 15 is 0 Å². The SMILES string of the molecule is CCCCOC(=O)c1c(C(=O)OCCCC)c2c(C(=O)OCCCC)ccc3c4cccc5cccc(c(c1C(=O)OCCCC)c23)c54. The molecule has 0 heterocycles. The maximum atomic E-state index is 14.3. The van der Waals surface area contributed by atoms with Crippen molar-refractivity contribution in [1.29, 1.82) is 0 Å². The first-order valence-electron chi connectivity index (χ1n) is 17.3. The highest BCUT2D eigenvalue weighted by Crippen LogP contribution is 2.46. The Morgan fingerprint density at radius 3 is 1.40 bits per heavy atom. The Hall–Kier alpha value is -4.72. The van der Waals surface area contributed by atoms with Gasteiger partial charge in [-0.05, 0) is 58.7 Å². The minimum absolute atomic E-state index is 0.0673. The normalized spacial score (nSPS) is 11.4. The highest BCUT2D eigenvalue weighted by atomic mass is 16.5. The maximum absolute atomic E-state index is 14.3. The van der Waals surface area contributed by atoms with Gasteiger partial charge in [0.2, 0.25) is 0 Å². The molecule has 252 valence electrons. The van der Waals surface area contributed by atoms with Gasteiger partial charge in [0.15, 0.2) is 0 Å². The smallest absolute Gasteiger partial charge is 0.339 e. The Bertz CT molecular complexity index is 1950. The lowest BCUT2D eigenvalue weighted by Gasteiger charge is -2.23. The molecule has 0 fully saturated rings. The van der Waals surface area contributed by atoms with Crippen molar-refractivity contribution in [3.8, 4) is 0 Å². The number of carbonyl (C=O) groups excluding carboxylic acids is 4. The Morgan fingerprint density at radius 1 is 0.438 bits per heavy atom. The zero-order valence-corrected chi connectivity index (χ0v) is 28.4. The summed E-state index contributed by atoms with van der Waals surface area (Å²) in [6.45, 7) is 8.42. The van der Waals surface area contributed by atoms with Gasteiger partial charge in [0, 0.05) is 16.2 Å². The quantitative estimate of drug-likeness (QED) is 0.0341. The van der Waals surface area contributed by atoms with Gasteiger partial charge in [-0.15, -0.1) is 0 Å². The first kappa shape index (κ1) is 34.6. The third-order valence-electron chi connectivity index (χ3n) is 8.68. The zero-order valence-electron chi connectivity index (χ0n) is 28.4. The van der Waals surface area contributed by atoms with Crippen LogP contribution in [-0.4, -0.2) is 50.3 Å². The van der Waals surface area contributed by atoms with Crippen molar-refractivity contribution in [3.63, 3.8) is 0 Å². The molecule has 0 amide bonds. The van der Waals surface area contributed by atoms with E-state index in [0.29, 0.717) is 47.2 Å². The molecule has 0 spiro atoms. The molecule has 0 saturated heterocycles. The van der Waals surface area contributed by atoms with E-state index in [1.165, 1.54) is 0 Å². The van der Waals surface area contributed by atoms with Crippen LogP contribution in [0.5, 0.6) is 0 Å². The fraction of sp³-hybridized carbons (Fsp3) is 0.400. The number of ether oxygens (including phenoxy) is 4. The summed E-state index contributed by atoms with van der Waals surface area (Å²) in [5.74, 6) is -3.06. The molecule has 8 nitrogen and oxygen atoms in total. The van der Waals surface area contributed by atoms with Crippen molar-refractivity contribution < 1.29 is 38.1 Å². The topological polar surface area (TPSA) is 105 Å². The molecule has 0 aromatic heterocycles. The van der Waals surface area contributed by atoms with E-state index in [0.717, 1.165) is 41.8 Å². The van der Waals surface area contributed by atoms with E-state index < -0.39 is 23.9 Å². The van der Waals surface area contributed by atoms with Gasteiger partial charge in [-0.3, -0.25) is 0 Å². The number of unbranched alkanes of at least 4 members (excludes halogenated alkanes) is 4. The van der Waals surface area contributed by atoms with Crippen molar-refractivity contribution in [2.75, 3.05) is 26.4 Å². The van der Waals surface area contributed by atoms with E-state index in [1.54, 1.807) is 6.07 Å². The van der Waals surface area contributed by atoms with E-state index in [2.05, 4.69) is 0 Å². The summed E-state index contributed by atoms with van der Waals surface area (Å²) in [5.41, 5.74) is -0.409. The lowest BCUT2D eigenvalue weighted by atomic mass is 9.81. The highest BCUT2D eigenvalue weighted by Gasteiger charge is 2.36. The molecule has 0 aliphatic rings. The zero-order chi connectivity index (χ0) is 34.2. The molecular weight excluding hydrogens is 608 g/mol. The minimum atomic E-state index is -0.853. The largest absolute Gasteiger partial charge is 0.462 e. The summed E-state index contributed by atoms with van der Waals surface area (Å²) < 4.78 is 23.0. The second-order valence-corrected chi connectivity index (χ2v) is 12.1. The molecule has 0 bridgehead atoms. The fourth-order valence-corrected chi connectivity index (χ4v) is 6.20. The van der Waals surface area contributed by atoms with Gasteiger partial charge in [-0.25, -0.2) is 19.2 Å². The molecule has 0 aliphatic heterocycles. The van der Waals surface area contributed by atoms with Crippen LogP contribution in [0.2, 0.25) is 0 Å². The van der Waals surface area contributed by atoms with Crippen molar-refractivity contribution >= 4 is 67.0 Å². The van der Waals surface area contributed by atoms with E-state index in [-0.39, 0.29) is 54.1 Å². The highest BCUT2D eigenvalue weighted by molar-refractivity contribution is 6.40. The number of benzene rings is 5. The van der Waals surface area contributed by atoms with Crippen LogP contribution in [0.3, 0.4) is 0 Å². The summed E-state index contributed by atoms with van der Waals surface area (Å²) in [6, 6.07) is 15.1. The molecule has 5 aromatic rings. The van der Waals surface area contributed by atoms with Crippen LogP contribution < -0.4 is 0 Å². The van der Waals surface area contributed by atoms with Crippen LogP contribution in [-0.2, 0) is 18.9 Å². The standard InChI is InChI=1S/C40H44O8/c1-5-9-21-45-37(41)29-20-19-27-26-17-13-15-25-16-14-18-28(30(25)26)32-31(27)33(29)35(39(43)47-23-11-7-3)36(40(44)48-24-12-8-4)34(32)38(42)46-22-10-6-2/h13-20H,5-12,21-24H2,1-4H3. The summed E-state index contributed by atoms with van der Waals surface area (Å²) in [4.78, 5) is 56.7. The van der Waals surface area contributed by atoms with Gasteiger partial charge in [-0.2, -0.15) is 0 Å². The van der Waals surface area contributed by atoms with Crippen LogP contribution in [0.1, 0.15) is 120 Å². The Kier molecular flexibility index (Phi) is 11.5. The Morgan fingerprint density at radius 2 is 0.875 bits per heavy atom. The summed E-state index contributed by atoms with van der Waals surface area (Å²) >= 11 is 0. The molecule has 5 rings (SSSR count). The molecule has 0 aliphatic carbocycles. The molecule has 8 heteroatoms. The van der Waals surface area contributed by atoms with Crippen molar-refractivity contribution in [1.82, 2.24) is 0 Å². The lowest BCUT2D eigenvalue weighted by Crippen LogP contribution is -2.23. The molecule has 48 heavy (non-hydrogen) atoms. The van der Waals surface area contributed by atoms with E-state index in [1.807, 2.05) is 70.2 Å². The predicted octanol–water partition coefficient (Wildman–Crippen LogP) is 9.56. The fourth-order valence-electron chi connectivity index (χ4n) is 6.20. The van der Waals surface area contributed by atoms with Gasteiger partial charge in [0.25, 0.3) is 0 Å². The number of hydrogen-bond acceptors (Lipinski definition) is 8. The van der Waals surface area contributed by atoms with Gasteiger partial charge in [0.1, 0.15) is 0 Å². The van der Waals surface area contributed by atoms with Gasteiger partial charge >= 0.3 is 23.9 Å². The Balaban J connectivity index is 2.01. The van der Waals surface area contributed by atoms with Gasteiger partial charge in [-0.1, -0.05) is 95.8 Å². The van der Waals surface area contributed by atoms with Crippen LogP contribution >= 0.6 is 0 Å². The number of fused-ring (bicyclic) bond motifs is 2. The molecule has 0 atom stereocenters. The van der Waals surface area contributed by atoms with Crippen LogP contribution in [0, 0.1) is 0 Å². The summed E-state index contributed by atoms with van der Waals surface area (Å²) in [6.07, 6.45) is 5.62. The third-order valence-corrected chi connectivity index (χ3v) is 8.68. The van der Waals surface area contributed by atoms with Crippen molar-refractivity contribution in [2.24, 2.45) is 0 Å². The molecule has 0 N–H and O–H groups in total. The third kappa shape index (κ3) is 6.66. The van der Waals surface area contributed by atoms with Gasteiger partial charge in [0.05, 0.1) is 48.7 Å². The monoisotopic (exact) mass is 652 g/mol. The number of rotatable bonds is 16. The molecular formula is C40H44O8. The first-order valence-corrected chi connectivity index (χ1v) is 17.3. The maximum Gasteiger partial charge on any atom is 0.339 e. The van der Waals surface area contributed by atoms with Crippen LogP contribution in [0.25, 0.3) is 43.1 Å². The van der Waals surface area contributed by atoms with Crippen LogP contribution in [0.4, 0.5) is 0 Å². The first-order chi connectivity index (χ1) is 23.4. The number of esters is 4. The van der Waals surface area contributed by atoms with Crippen LogP contribution in [0.15, 0.2) is 48.5 Å². The van der Waals surface area contributed by atoms with E-state index in [9.17, 15) is 19.2 Å². The predicted molar refractivity (Wildman–Crippen MR) is 188 cm³/mol. The molecule has 0 unspecified atom stereocenters. The second kappa shape index (κ2) is 15.9. The Labute approximate surface area is 281 Å². The molecule has 5 aromatic carbocycles. The van der Waals surface area contributed by atoms with E-state index in [4.69, 9.17) is 18.9 Å². The van der Waals surface area contributed by atoms with Gasteiger partial charge < -0.3 is 18.9 Å². The molecule has 0 saturated carbocycles. The molecule has 0 radical (unpaired) electrons. The average molecular weight is 653 g/mol. The summed E-state index contributed by atoms with van der Waals surface area (Å²) in [5, 5.41) is 5.21. The lowest BCUT2D eigenvalue weighted by molar-refractivity contribution is 0.0434. The minimum Gasteiger partial charge on any atom is -0.462 e. The van der Waals surface area contributed by atoms with Crippen molar-refractivity contribution in [3.05, 3.63) is 70.8 Å².